The molecule has 2 heterocycles. The molecule has 5 rings (SSSR count). The molecule has 0 spiro atoms. The highest BCUT2D eigenvalue weighted by Gasteiger charge is 2.30. The molecule has 2 aliphatic rings. The first-order valence-electron chi connectivity index (χ1n) is 11.7. The van der Waals surface area contributed by atoms with Gasteiger partial charge in [-0.05, 0) is 69.4 Å². The summed E-state index contributed by atoms with van der Waals surface area (Å²) in [6.07, 6.45) is 6.20. The lowest BCUT2D eigenvalue weighted by atomic mass is 9.96. The van der Waals surface area contributed by atoms with Gasteiger partial charge in [-0.3, -0.25) is 10.2 Å². The number of aromatic nitrogens is 1. The summed E-state index contributed by atoms with van der Waals surface area (Å²) in [5, 5.41) is 18.0. The first-order chi connectivity index (χ1) is 16.9. The van der Waals surface area contributed by atoms with E-state index in [1.807, 2.05) is 17.6 Å². The van der Waals surface area contributed by atoms with E-state index < -0.39 is 11.4 Å². The summed E-state index contributed by atoms with van der Waals surface area (Å²) in [7, 11) is 1.59. The number of aromatic carboxylic acids is 1. The SMILES string of the molecule is CCNC(=S)N/N=C1\CCCc2sc(-c3ccc4c(=O)c(C(=O)O)cn(C5CC5)c4c3OC)cc21. The van der Waals surface area contributed by atoms with E-state index in [1.54, 1.807) is 24.5 Å². The highest BCUT2D eigenvalue weighted by Crippen LogP contribution is 2.45. The van der Waals surface area contributed by atoms with Crippen LogP contribution in [0.25, 0.3) is 21.3 Å². The van der Waals surface area contributed by atoms with Crippen molar-refractivity contribution in [1.29, 1.82) is 0 Å². The maximum Gasteiger partial charge on any atom is 0.341 e. The molecule has 3 aromatic rings. The van der Waals surface area contributed by atoms with Gasteiger partial charge < -0.3 is 19.7 Å². The first kappa shape index (κ1) is 23.5. The Morgan fingerprint density at radius 3 is 2.80 bits per heavy atom. The quantitative estimate of drug-likeness (QED) is 0.336. The largest absolute Gasteiger partial charge is 0.494 e. The summed E-state index contributed by atoms with van der Waals surface area (Å²) in [6, 6.07) is 5.88. The van der Waals surface area contributed by atoms with Crippen LogP contribution in [0, 0.1) is 0 Å². The number of nitrogens with one attached hydrogen (secondary N) is 2. The molecule has 0 unspecified atom stereocenters. The van der Waals surface area contributed by atoms with Gasteiger partial charge in [0.2, 0.25) is 5.43 Å². The van der Waals surface area contributed by atoms with E-state index in [1.165, 1.54) is 11.1 Å². The van der Waals surface area contributed by atoms with Crippen molar-refractivity contribution in [2.24, 2.45) is 5.10 Å². The number of nitrogens with zero attached hydrogens (tertiary/aromatic N) is 2. The van der Waals surface area contributed by atoms with Crippen LogP contribution in [0.2, 0.25) is 0 Å². The zero-order valence-corrected chi connectivity index (χ0v) is 21.1. The average molecular weight is 511 g/mol. The monoisotopic (exact) mass is 510 g/mol. The molecule has 35 heavy (non-hydrogen) atoms. The van der Waals surface area contributed by atoms with Crippen molar-refractivity contribution in [2.75, 3.05) is 13.7 Å². The molecule has 1 aromatic carbocycles. The van der Waals surface area contributed by atoms with Crippen LogP contribution >= 0.6 is 23.6 Å². The number of carbonyl (C=O) groups is 1. The molecule has 182 valence electrons. The molecule has 0 atom stereocenters. The highest BCUT2D eigenvalue weighted by atomic mass is 32.1. The summed E-state index contributed by atoms with van der Waals surface area (Å²) in [4.78, 5) is 27.0. The van der Waals surface area contributed by atoms with Gasteiger partial charge in [0, 0.05) is 39.7 Å². The zero-order valence-electron chi connectivity index (χ0n) is 19.5. The molecular weight excluding hydrogens is 484 g/mol. The average Bonchev–Trinajstić information content (AvgIpc) is 3.59. The Bertz CT molecular complexity index is 1440. The Kier molecular flexibility index (Phi) is 6.33. The van der Waals surface area contributed by atoms with Gasteiger partial charge in [-0.2, -0.15) is 5.10 Å². The number of aryl methyl sites for hydroxylation is 1. The van der Waals surface area contributed by atoms with Gasteiger partial charge in [0.05, 0.1) is 23.7 Å². The number of methoxy groups -OCH3 is 1. The normalized spacial score (nSPS) is 16.2. The Morgan fingerprint density at radius 1 is 1.31 bits per heavy atom. The number of hydrogen-bond donors (Lipinski definition) is 3. The van der Waals surface area contributed by atoms with Crippen molar-refractivity contribution < 1.29 is 14.6 Å². The van der Waals surface area contributed by atoms with E-state index in [4.69, 9.17) is 17.0 Å². The second-order valence-electron chi connectivity index (χ2n) is 8.69. The second kappa shape index (κ2) is 9.43. The van der Waals surface area contributed by atoms with E-state index in [2.05, 4.69) is 21.9 Å². The van der Waals surface area contributed by atoms with E-state index in [0.29, 0.717) is 21.8 Å². The van der Waals surface area contributed by atoms with E-state index in [-0.39, 0.29) is 11.6 Å². The van der Waals surface area contributed by atoms with Crippen LogP contribution in [0.15, 0.2) is 34.3 Å². The molecule has 0 aliphatic heterocycles. The smallest absolute Gasteiger partial charge is 0.341 e. The maximum absolute atomic E-state index is 13.0. The summed E-state index contributed by atoms with van der Waals surface area (Å²) in [5.74, 6) is -0.624. The molecule has 0 amide bonds. The van der Waals surface area contributed by atoms with Crippen LogP contribution in [0.4, 0.5) is 0 Å². The molecule has 0 bridgehead atoms. The van der Waals surface area contributed by atoms with E-state index in [9.17, 15) is 14.7 Å². The number of carboxylic acids is 1. The molecule has 2 aliphatic carbocycles. The van der Waals surface area contributed by atoms with Crippen molar-refractivity contribution in [2.45, 2.75) is 45.1 Å². The standard InChI is InChI=1S/C25H26N4O4S2/c1-3-26-25(34)28-27-18-5-4-6-19-16(18)11-20(35-19)14-9-10-15-21(23(14)33-2)29(13-7-8-13)12-17(22(15)30)24(31)32/h9-13H,3-8H2,1-2H3,(H,31,32)(H2,26,28,34)/b27-18+. The number of fused-ring (bicyclic) bond motifs is 2. The maximum atomic E-state index is 13.0. The third kappa shape index (κ3) is 4.32. The molecule has 8 nitrogen and oxygen atoms in total. The van der Waals surface area contributed by atoms with Gasteiger partial charge in [-0.1, -0.05) is 0 Å². The van der Waals surface area contributed by atoms with Gasteiger partial charge >= 0.3 is 5.97 Å². The number of pyridine rings is 1. The molecule has 1 fully saturated rings. The number of rotatable bonds is 6. The van der Waals surface area contributed by atoms with Gasteiger partial charge in [0.1, 0.15) is 5.56 Å². The minimum absolute atomic E-state index is 0.169. The Labute approximate surface area is 211 Å². The molecule has 10 heteroatoms. The Morgan fingerprint density at radius 2 is 2.11 bits per heavy atom. The fourth-order valence-electron chi connectivity index (χ4n) is 4.59. The van der Waals surface area contributed by atoms with E-state index >= 15 is 0 Å². The minimum Gasteiger partial charge on any atom is -0.494 e. The lowest BCUT2D eigenvalue weighted by Gasteiger charge is -2.17. The van der Waals surface area contributed by atoms with Gasteiger partial charge in [0.15, 0.2) is 10.9 Å². The van der Waals surface area contributed by atoms with Crippen molar-refractivity contribution >= 4 is 51.3 Å². The number of carboxylic acid groups (broad SMARTS) is 1. The minimum atomic E-state index is -1.21. The molecule has 3 N–H and O–H groups in total. The summed E-state index contributed by atoms with van der Waals surface area (Å²) >= 11 is 6.94. The molecule has 1 saturated carbocycles. The number of hydrazone groups is 1. The zero-order chi connectivity index (χ0) is 24.7. The fourth-order valence-corrected chi connectivity index (χ4v) is 6.02. The van der Waals surface area contributed by atoms with Crippen LogP contribution in [0.3, 0.4) is 0 Å². The number of thiocarbonyl (C=S) groups is 1. The topological polar surface area (TPSA) is 105 Å². The van der Waals surface area contributed by atoms with Crippen LogP contribution in [0.1, 0.15) is 59.4 Å². The van der Waals surface area contributed by atoms with Crippen molar-refractivity contribution in [3.05, 3.63) is 50.6 Å². The lowest BCUT2D eigenvalue weighted by Crippen LogP contribution is -2.32. The number of benzene rings is 1. The summed E-state index contributed by atoms with van der Waals surface area (Å²) in [6.45, 7) is 2.71. The third-order valence-corrected chi connectivity index (χ3v) is 7.82. The predicted molar refractivity (Wildman–Crippen MR) is 142 cm³/mol. The number of thiophene rings is 1. The fraction of sp³-hybridized carbons (Fsp3) is 0.360. The van der Waals surface area contributed by atoms with Crippen molar-refractivity contribution in [3.8, 4) is 16.2 Å². The lowest BCUT2D eigenvalue weighted by molar-refractivity contribution is 0.0695. The van der Waals surface area contributed by atoms with Gasteiger partial charge in [-0.15, -0.1) is 11.3 Å². The molecule has 2 aromatic heterocycles. The first-order valence-corrected chi connectivity index (χ1v) is 12.9. The van der Waals surface area contributed by atoms with Crippen LogP contribution in [0.5, 0.6) is 5.75 Å². The molecule has 0 radical (unpaired) electrons. The second-order valence-corrected chi connectivity index (χ2v) is 10.2. The molecule has 0 saturated heterocycles. The molecular formula is C25H26N4O4S2. The highest BCUT2D eigenvalue weighted by molar-refractivity contribution is 7.80. The van der Waals surface area contributed by atoms with Gasteiger partial charge in [-0.25, -0.2) is 4.79 Å². The Balaban J connectivity index is 1.64. The van der Waals surface area contributed by atoms with Crippen LogP contribution in [-0.2, 0) is 6.42 Å². The van der Waals surface area contributed by atoms with Crippen molar-refractivity contribution in [1.82, 2.24) is 15.3 Å². The van der Waals surface area contributed by atoms with Gasteiger partial charge in [0.25, 0.3) is 0 Å². The predicted octanol–water partition coefficient (Wildman–Crippen LogP) is 4.30. The number of ether oxygens (including phenoxy) is 1. The third-order valence-electron chi connectivity index (χ3n) is 6.35. The van der Waals surface area contributed by atoms with Crippen molar-refractivity contribution in [3.63, 3.8) is 0 Å². The number of hydrogen-bond acceptors (Lipinski definition) is 6. The van der Waals surface area contributed by atoms with Crippen LogP contribution < -0.4 is 20.9 Å². The Hall–Kier alpha value is -3.24. The van der Waals surface area contributed by atoms with E-state index in [0.717, 1.165) is 60.4 Å². The van der Waals surface area contributed by atoms with Crippen LogP contribution in [-0.4, -0.2) is 40.1 Å². The summed E-state index contributed by atoms with van der Waals surface area (Å²) < 4.78 is 7.79. The summed E-state index contributed by atoms with van der Waals surface area (Å²) in [5.41, 5.74) is 5.84.